The Kier molecular flexibility index (Phi) is 2.93. The van der Waals surface area contributed by atoms with Crippen molar-refractivity contribution in [1.82, 2.24) is 19.5 Å². The van der Waals surface area contributed by atoms with Crippen LogP contribution in [0.3, 0.4) is 0 Å². The molecule has 0 aliphatic heterocycles. The van der Waals surface area contributed by atoms with Gasteiger partial charge in [-0.1, -0.05) is 11.6 Å². The Bertz CT molecular complexity index is 573. The van der Waals surface area contributed by atoms with E-state index in [-0.39, 0.29) is 18.6 Å². The zero-order valence-electron chi connectivity index (χ0n) is 9.57. The van der Waals surface area contributed by atoms with E-state index < -0.39 is 6.10 Å². The minimum Gasteiger partial charge on any atom is -0.396 e. The van der Waals surface area contributed by atoms with Crippen LogP contribution in [-0.4, -0.2) is 42.4 Å². The maximum absolute atomic E-state index is 9.83. The normalized spacial score (nSPS) is 28.1. The molecule has 0 aromatic carbocycles. The number of imidazole rings is 1. The Hall–Kier alpha value is -1.24. The minimum absolute atomic E-state index is 0.0000364. The highest BCUT2D eigenvalue weighted by molar-refractivity contribution is 6.33. The van der Waals surface area contributed by atoms with Crippen molar-refractivity contribution >= 4 is 22.8 Å². The second-order valence-corrected chi connectivity index (χ2v) is 4.98. The van der Waals surface area contributed by atoms with Crippen molar-refractivity contribution in [3.8, 4) is 0 Å². The van der Waals surface area contributed by atoms with Gasteiger partial charge < -0.3 is 14.8 Å². The van der Waals surface area contributed by atoms with Crippen molar-refractivity contribution in [2.75, 3.05) is 6.61 Å². The Morgan fingerprint density at radius 2 is 2.17 bits per heavy atom. The van der Waals surface area contributed by atoms with Gasteiger partial charge in [0.25, 0.3) is 0 Å². The lowest BCUT2D eigenvalue weighted by Gasteiger charge is -2.11. The van der Waals surface area contributed by atoms with E-state index in [9.17, 15) is 10.2 Å². The number of aromatic nitrogens is 4. The lowest BCUT2D eigenvalue weighted by atomic mass is 10.1. The summed E-state index contributed by atoms with van der Waals surface area (Å²) >= 11 is 5.95. The summed E-state index contributed by atoms with van der Waals surface area (Å²) in [6.07, 6.45) is 3.90. The lowest BCUT2D eigenvalue weighted by molar-refractivity contribution is 0.0906. The van der Waals surface area contributed by atoms with Gasteiger partial charge in [0, 0.05) is 18.6 Å². The first-order chi connectivity index (χ1) is 8.70. The third-order valence-corrected chi connectivity index (χ3v) is 3.85. The fourth-order valence-corrected chi connectivity index (χ4v) is 2.76. The zero-order chi connectivity index (χ0) is 12.7. The molecule has 2 N–H and O–H groups in total. The first-order valence-corrected chi connectivity index (χ1v) is 6.20. The Labute approximate surface area is 108 Å². The number of hydrogen-bond acceptors (Lipinski definition) is 5. The standard InChI is InChI=1S/C11H13ClN4O2/c12-10-9-11(14-4-13-10)16(5-15-9)7-1-6(3-17)8(18)2-7/h4-8,17-18H,1-3H2. The summed E-state index contributed by atoms with van der Waals surface area (Å²) in [7, 11) is 0. The third kappa shape index (κ3) is 1.77. The van der Waals surface area contributed by atoms with Crippen LogP contribution < -0.4 is 0 Å². The summed E-state index contributed by atoms with van der Waals surface area (Å²) in [5.41, 5.74) is 1.24. The zero-order valence-corrected chi connectivity index (χ0v) is 10.3. The third-order valence-electron chi connectivity index (χ3n) is 3.57. The number of aliphatic hydroxyl groups excluding tert-OH is 2. The van der Waals surface area contributed by atoms with E-state index in [4.69, 9.17) is 11.6 Å². The molecule has 1 aliphatic carbocycles. The molecule has 3 atom stereocenters. The highest BCUT2D eigenvalue weighted by Crippen LogP contribution is 2.36. The van der Waals surface area contributed by atoms with Gasteiger partial charge in [-0.2, -0.15) is 0 Å². The van der Waals surface area contributed by atoms with E-state index in [1.165, 1.54) is 6.33 Å². The van der Waals surface area contributed by atoms with E-state index in [1.807, 2.05) is 4.57 Å². The van der Waals surface area contributed by atoms with Crippen LogP contribution in [0.25, 0.3) is 11.2 Å². The van der Waals surface area contributed by atoms with Crippen molar-refractivity contribution < 1.29 is 10.2 Å². The molecule has 3 rings (SSSR count). The van der Waals surface area contributed by atoms with Crippen LogP contribution in [0.4, 0.5) is 0 Å². The molecular weight excluding hydrogens is 256 g/mol. The summed E-state index contributed by atoms with van der Waals surface area (Å²) in [6.45, 7) is 0.0000364. The Balaban J connectivity index is 1.99. The van der Waals surface area contributed by atoms with Gasteiger partial charge in [0.05, 0.1) is 12.4 Å². The molecule has 6 nitrogen and oxygen atoms in total. The van der Waals surface area contributed by atoms with Gasteiger partial charge in [-0.3, -0.25) is 0 Å². The van der Waals surface area contributed by atoms with Crippen LogP contribution in [0.1, 0.15) is 18.9 Å². The van der Waals surface area contributed by atoms with E-state index >= 15 is 0 Å². The number of rotatable bonds is 2. The highest BCUT2D eigenvalue weighted by atomic mass is 35.5. The quantitative estimate of drug-likeness (QED) is 0.787. The second-order valence-electron chi connectivity index (χ2n) is 4.62. The monoisotopic (exact) mass is 268 g/mol. The van der Waals surface area contributed by atoms with Gasteiger partial charge in [-0.15, -0.1) is 0 Å². The van der Waals surface area contributed by atoms with Gasteiger partial charge in [-0.25, -0.2) is 15.0 Å². The summed E-state index contributed by atoms with van der Waals surface area (Å²) in [5.74, 6) is -0.0789. The summed E-state index contributed by atoms with van der Waals surface area (Å²) in [6, 6.07) is 0.0908. The molecule has 0 bridgehead atoms. The lowest BCUT2D eigenvalue weighted by Crippen LogP contribution is -2.16. The van der Waals surface area contributed by atoms with E-state index in [0.717, 1.165) is 0 Å². The second kappa shape index (κ2) is 4.46. The maximum Gasteiger partial charge on any atom is 0.165 e. The van der Waals surface area contributed by atoms with Crippen LogP contribution >= 0.6 is 11.6 Å². The maximum atomic E-state index is 9.83. The number of fused-ring (bicyclic) bond motifs is 1. The van der Waals surface area contributed by atoms with Crippen LogP contribution in [0.2, 0.25) is 5.15 Å². The van der Waals surface area contributed by atoms with Crippen molar-refractivity contribution in [1.29, 1.82) is 0 Å². The number of nitrogens with zero attached hydrogens (tertiary/aromatic N) is 4. The highest BCUT2D eigenvalue weighted by Gasteiger charge is 2.34. The summed E-state index contributed by atoms with van der Waals surface area (Å²) < 4.78 is 1.90. The van der Waals surface area contributed by atoms with Crippen LogP contribution in [0, 0.1) is 5.92 Å². The topological polar surface area (TPSA) is 84.1 Å². The van der Waals surface area contributed by atoms with Crippen molar-refractivity contribution in [2.24, 2.45) is 5.92 Å². The van der Waals surface area contributed by atoms with Gasteiger partial charge in [0.1, 0.15) is 11.8 Å². The number of halogens is 1. The molecule has 1 aliphatic rings. The SMILES string of the molecule is OCC1CC(n2cnc3c(Cl)ncnc32)CC1O. The van der Waals surface area contributed by atoms with Crippen molar-refractivity contribution in [3.63, 3.8) is 0 Å². The van der Waals surface area contributed by atoms with Gasteiger partial charge in [0.2, 0.25) is 0 Å². The molecule has 96 valence electrons. The van der Waals surface area contributed by atoms with Crippen molar-refractivity contribution in [2.45, 2.75) is 25.0 Å². The molecule has 7 heteroatoms. The van der Waals surface area contributed by atoms with Crippen LogP contribution in [-0.2, 0) is 0 Å². The van der Waals surface area contributed by atoms with Gasteiger partial charge >= 0.3 is 0 Å². The largest absolute Gasteiger partial charge is 0.396 e. The fraction of sp³-hybridized carbons (Fsp3) is 0.545. The first-order valence-electron chi connectivity index (χ1n) is 5.82. The number of hydrogen-bond donors (Lipinski definition) is 2. The predicted octanol–water partition coefficient (Wildman–Crippen LogP) is 0.784. The van der Waals surface area contributed by atoms with Gasteiger partial charge in [0.15, 0.2) is 10.8 Å². The predicted molar refractivity (Wildman–Crippen MR) is 65.2 cm³/mol. The first kappa shape index (κ1) is 11.8. The molecule has 0 spiro atoms. The minimum atomic E-state index is -0.477. The molecular formula is C11H13ClN4O2. The molecule has 2 heterocycles. The molecule has 0 saturated heterocycles. The molecule has 0 radical (unpaired) electrons. The van der Waals surface area contributed by atoms with E-state index in [0.29, 0.717) is 29.2 Å². The van der Waals surface area contributed by atoms with Crippen molar-refractivity contribution in [3.05, 3.63) is 17.8 Å². The van der Waals surface area contributed by atoms with E-state index in [1.54, 1.807) is 6.33 Å². The molecule has 3 unspecified atom stereocenters. The molecule has 0 amide bonds. The van der Waals surface area contributed by atoms with Crippen LogP contribution in [0.5, 0.6) is 0 Å². The summed E-state index contributed by atoms with van der Waals surface area (Å²) in [4.78, 5) is 12.3. The average molecular weight is 269 g/mol. The average Bonchev–Trinajstić information content (AvgIpc) is 2.93. The molecule has 1 saturated carbocycles. The van der Waals surface area contributed by atoms with Crippen LogP contribution in [0.15, 0.2) is 12.7 Å². The molecule has 2 aromatic heterocycles. The van der Waals surface area contributed by atoms with E-state index in [2.05, 4.69) is 15.0 Å². The molecule has 1 fully saturated rings. The Morgan fingerprint density at radius 3 is 2.89 bits per heavy atom. The molecule has 18 heavy (non-hydrogen) atoms. The van der Waals surface area contributed by atoms with Gasteiger partial charge in [-0.05, 0) is 12.8 Å². The Morgan fingerprint density at radius 1 is 1.33 bits per heavy atom. The summed E-state index contributed by atoms with van der Waals surface area (Å²) in [5, 5.41) is 19.3. The smallest absolute Gasteiger partial charge is 0.165 e. The molecule has 2 aromatic rings. The fourth-order valence-electron chi connectivity index (χ4n) is 2.59. The number of aliphatic hydroxyl groups is 2.